The molecule has 96 valence electrons. The number of hydrogen-bond donors (Lipinski definition) is 0. The van der Waals surface area contributed by atoms with Crippen molar-refractivity contribution in [2.45, 2.75) is 18.8 Å². The van der Waals surface area contributed by atoms with E-state index < -0.39 is 0 Å². The van der Waals surface area contributed by atoms with Gasteiger partial charge in [-0.2, -0.15) is 0 Å². The van der Waals surface area contributed by atoms with Gasteiger partial charge in [0.1, 0.15) is 11.6 Å². The number of imidazole rings is 1. The Kier molecular flexibility index (Phi) is 4.37. The average Bonchev–Trinajstić information content (AvgIpc) is 2.78. The average molecular weight is 267 g/mol. The zero-order valence-corrected chi connectivity index (χ0v) is 11.1. The second-order valence-electron chi connectivity index (χ2n) is 4.40. The molecule has 2 aromatic rings. The summed E-state index contributed by atoms with van der Waals surface area (Å²) in [5, 5.41) is 0. The molecule has 0 aliphatic rings. The lowest BCUT2D eigenvalue weighted by molar-refractivity contribution is 0.619. The summed E-state index contributed by atoms with van der Waals surface area (Å²) in [6, 6.07) is 6.58. The van der Waals surface area contributed by atoms with E-state index in [0.717, 1.165) is 24.2 Å². The number of alkyl halides is 1. The number of aryl methyl sites for hydroxylation is 2. The predicted molar refractivity (Wildman–Crippen MR) is 71.4 cm³/mol. The fourth-order valence-corrected chi connectivity index (χ4v) is 2.34. The van der Waals surface area contributed by atoms with Gasteiger partial charge in [-0.1, -0.05) is 12.1 Å². The van der Waals surface area contributed by atoms with Crippen LogP contribution in [0.1, 0.15) is 23.7 Å². The lowest BCUT2D eigenvalue weighted by Gasteiger charge is -2.14. The molecule has 0 bridgehead atoms. The van der Waals surface area contributed by atoms with Gasteiger partial charge in [-0.05, 0) is 30.0 Å². The SMILES string of the molecule is Cn1ccnc1CCC(CCl)c1ccc(F)cc1. The van der Waals surface area contributed by atoms with Gasteiger partial charge in [0, 0.05) is 31.7 Å². The smallest absolute Gasteiger partial charge is 0.123 e. The van der Waals surface area contributed by atoms with Crippen molar-refractivity contribution in [2.75, 3.05) is 5.88 Å². The molecule has 4 heteroatoms. The lowest BCUT2D eigenvalue weighted by Crippen LogP contribution is -2.05. The Morgan fingerprint density at radius 2 is 2.06 bits per heavy atom. The maximum absolute atomic E-state index is 12.9. The maximum atomic E-state index is 12.9. The van der Waals surface area contributed by atoms with E-state index in [9.17, 15) is 4.39 Å². The third kappa shape index (κ3) is 3.10. The van der Waals surface area contributed by atoms with Gasteiger partial charge in [0.2, 0.25) is 0 Å². The summed E-state index contributed by atoms with van der Waals surface area (Å²) in [5.74, 6) is 1.61. The van der Waals surface area contributed by atoms with Gasteiger partial charge in [0.25, 0.3) is 0 Å². The van der Waals surface area contributed by atoms with Crippen LogP contribution < -0.4 is 0 Å². The fraction of sp³-hybridized carbons (Fsp3) is 0.357. The van der Waals surface area contributed by atoms with Crippen molar-refractivity contribution >= 4 is 11.6 Å². The summed E-state index contributed by atoms with van der Waals surface area (Å²) in [6.45, 7) is 0. The second-order valence-corrected chi connectivity index (χ2v) is 4.70. The number of rotatable bonds is 5. The van der Waals surface area contributed by atoms with E-state index >= 15 is 0 Å². The molecule has 0 amide bonds. The Bertz CT molecular complexity index is 493. The van der Waals surface area contributed by atoms with Gasteiger partial charge in [0.05, 0.1) is 0 Å². The number of benzene rings is 1. The number of nitrogens with zero attached hydrogens (tertiary/aromatic N) is 2. The minimum atomic E-state index is -0.212. The molecule has 1 heterocycles. The van der Waals surface area contributed by atoms with Crippen LogP contribution in [0, 0.1) is 5.82 Å². The normalized spacial score (nSPS) is 12.6. The molecule has 0 spiro atoms. The summed E-state index contributed by atoms with van der Waals surface area (Å²) in [5.41, 5.74) is 1.08. The fourth-order valence-electron chi connectivity index (χ4n) is 2.01. The first-order valence-corrected chi connectivity index (χ1v) is 6.52. The van der Waals surface area contributed by atoms with Crippen LogP contribution in [0.5, 0.6) is 0 Å². The van der Waals surface area contributed by atoms with Crippen molar-refractivity contribution < 1.29 is 4.39 Å². The molecule has 2 nitrogen and oxygen atoms in total. The molecule has 1 aromatic carbocycles. The predicted octanol–water partition coefficient (Wildman–Crippen LogP) is 3.51. The monoisotopic (exact) mass is 266 g/mol. The molecule has 0 aliphatic carbocycles. The molecule has 1 unspecified atom stereocenters. The van der Waals surface area contributed by atoms with Gasteiger partial charge in [-0.15, -0.1) is 11.6 Å². The first-order chi connectivity index (χ1) is 8.70. The van der Waals surface area contributed by atoms with E-state index in [0.29, 0.717) is 5.88 Å². The van der Waals surface area contributed by atoms with E-state index in [4.69, 9.17) is 11.6 Å². The topological polar surface area (TPSA) is 17.8 Å². The van der Waals surface area contributed by atoms with Crippen molar-refractivity contribution in [2.24, 2.45) is 7.05 Å². The highest BCUT2D eigenvalue weighted by atomic mass is 35.5. The van der Waals surface area contributed by atoms with E-state index in [2.05, 4.69) is 4.98 Å². The van der Waals surface area contributed by atoms with Crippen LogP contribution in [0.25, 0.3) is 0 Å². The third-order valence-electron chi connectivity index (χ3n) is 3.17. The molecule has 1 aromatic heterocycles. The Morgan fingerprint density at radius 3 is 2.61 bits per heavy atom. The van der Waals surface area contributed by atoms with Crippen LogP contribution in [0.4, 0.5) is 4.39 Å². The summed E-state index contributed by atoms with van der Waals surface area (Å²) in [4.78, 5) is 4.29. The molecule has 1 atom stereocenters. The van der Waals surface area contributed by atoms with E-state index in [1.54, 1.807) is 18.3 Å². The highest BCUT2D eigenvalue weighted by molar-refractivity contribution is 6.18. The van der Waals surface area contributed by atoms with E-state index in [-0.39, 0.29) is 11.7 Å². The van der Waals surface area contributed by atoms with Crippen LogP contribution in [0.15, 0.2) is 36.7 Å². The quantitative estimate of drug-likeness (QED) is 0.757. The van der Waals surface area contributed by atoms with Crippen LogP contribution in [-0.2, 0) is 13.5 Å². The van der Waals surface area contributed by atoms with Gasteiger partial charge >= 0.3 is 0 Å². The van der Waals surface area contributed by atoms with E-state index in [1.807, 2.05) is 17.8 Å². The van der Waals surface area contributed by atoms with Crippen LogP contribution in [0.3, 0.4) is 0 Å². The number of aromatic nitrogens is 2. The number of halogens is 2. The zero-order valence-electron chi connectivity index (χ0n) is 10.3. The molecule has 0 N–H and O–H groups in total. The Balaban J connectivity index is 2.01. The highest BCUT2D eigenvalue weighted by Gasteiger charge is 2.12. The van der Waals surface area contributed by atoms with Crippen molar-refractivity contribution in [1.29, 1.82) is 0 Å². The second kappa shape index (κ2) is 6.01. The van der Waals surface area contributed by atoms with Crippen LogP contribution in [-0.4, -0.2) is 15.4 Å². The maximum Gasteiger partial charge on any atom is 0.123 e. The van der Waals surface area contributed by atoms with Crippen molar-refractivity contribution in [1.82, 2.24) is 9.55 Å². The van der Waals surface area contributed by atoms with Gasteiger partial charge in [0.15, 0.2) is 0 Å². The molecule has 0 radical (unpaired) electrons. The highest BCUT2D eigenvalue weighted by Crippen LogP contribution is 2.23. The standard InChI is InChI=1S/C14H16ClFN2/c1-18-9-8-17-14(18)7-4-12(10-15)11-2-5-13(16)6-3-11/h2-3,5-6,8-9,12H,4,7,10H2,1H3. The largest absolute Gasteiger partial charge is 0.338 e. The van der Waals surface area contributed by atoms with Crippen LogP contribution in [0.2, 0.25) is 0 Å². The molecule has 0 fully saturated rings. The van der Waals surface area contributed by atoms with E-state index in [1.165, 1.54) is 12.1 Å². The molecule has 18 heavy (non-hydrogen) atoms. The molecular formula is C14H16ClFN2. The first kappa shape index (κ1) is 13.1. The third-order valence-corrected chi connectivity index (χ3v) is 3.54. The molecule has 2 rings (SSSR count). The first-order valence-electron chi connectivity index (χ1n) is 5.98. The molecule has 0 saturated carbocycles. The number of hydrogen-bond acceptors (Lipinski definition) is 1. The van der Waals surface area contributed by atoms with Crippen LogP contribution >= 0.6 is 11.6 Å². The Hall–Kier alpha value is -1.35. The van der Waals surface area contributed by atoms with Gasteiger partial charge in [-0.3, -0.25) is 0 Å². The molecule has 0 aliphatic heterocycles. The molecule has 0 saturated heterocycles. The summed E-state index contributed by atoms with van der Waals surface area (Å²) in [6.07, 6.45) is 5.52. The molecular weight excluding hydrogens is 251 g/mol. The van der Waals surface area contributed by atoms with Crippen molar-refractivity contribution in [3.63, 3.8) is 0 Å². The summed E-state index contributed by atoms with van der Waals surface area (Å²) < 4.78 is 14.9. The van der Waals surface area contributed by atoms with Gasteiger partial charge in [-0.25, -0.2) is 9.37 Å². The minimum Gasteiger partial charge on any atom is -0.338 e. The summed E-state index contributed by atoms with van der Waals surface area (Å²) in [7, 11) is 1.98. The lowest BCUT2D eigenvalue weighted by atomic mass is 9.96. The van der Waals surface area contributed by atoms with Gasteiger partial charge < -0.3 is 4.57 Å². The summed E-state index contributed by atoms with van der Waals surface area (Å²) >= 11 is 6.00. The minimum absolute atomic E-state index is 0.212. The Labute approximate surface area is 111 Å². The zero-order chi connectivity index (χ0) is 13.0. The van der Waals surface area contributed by atoms with Crippen molar-refractivity contribution in [3.05, 3.63) is 53.9 Å². The Morgan fingerprint density at radius 1 is 1.33 bits per heavy atom. The van der Waals surface area contributed by atoms with Crippen molar-refractivity contribution in [3.8, 4) is 0 Å².